The summed E-state index contributed by atoms with van der Waals surface area (Å²) >= 11 is 6.32. The summed E-state index contributed by atoms with van der Waals surface area (Å²) in [6.45, 7) is 14.1. The molecule has 2 aromatic rings. The van der Waals surface area contributed by atoms with E-state index in [-0.39, 0.29) is 25.3 Å². The second kappa shape index (κ2) is 13.8. The third kappa shape index (κ3) is 8.35. The van der Waals surface area contributed by atoms with Gasteiger partial charge >= 0.3 is 6.09 Å². The Morgan fingerprint density at radius 3 is 2.37 bits per heavy atom. The number of fused-ring (bicyclic) bond motifs is 1. The van der Waals surface area contributed by atoms with Crippen molar-refractivity contribution in [2.45, 2.75) is 102 Å². The van der Waals surface area contributed by atoms with Gasteiger partial charge < -0.3 is 29.7 Å². The molecule has 0 spiro atoms. The second-order valence-corrected chi connectivity index (χ2v) is 17.8. The highest BCUT2D eigenvalue weighted by atomic mass is 35.5. The van der Waals surface area contributed by atoms with Crippen LogP contribution >= 0.6 is 11.6 Å². The van der Waals surface area contributed by atoms with Crippen LogP contribution in [0.2, 0.25) is 5.02 Å². The van der Waals surface area contributed by atoms with Gasteiger partial charge in [0.15, 0.2) is 0 Å². The summed E-state index contributed by atoms with van der Waals surface area (Å²) in [7, 11) is -2.40. The van der Waals surface area contributed by atoms with E-state index in [1.807, 2.05) is 0 Å². The predicted octanol–water partition coefficient (Wildman–Crippen LogP) is 3.85. The Hall–Kier alpha value is -4.11. The van der Waals surface area contributed by atoms with Crippen LogP contribution in [0.15, 0.2) is 37.1 Å². The van der Waals surface area contributed by atoms with Gasteiger partial charge in [0.25, 0.3) is 5.91 Å². The molecule has 1 aliphatic heterocycles. The third-order valence-electron chi connectivity index (χ3n) is 9.15. The Morgan fingerprint density at radius 1 is 1.12 bits per heavy atom. The molecule has 0 bridgehead atoms. The number of aromatic nitrogens is 1. The molecule has 16 heteroatoms. The average molecular weight is 748 g/mol. The van der Waals surface area contributed by atoms with Crippen LogP contribution in [0, 0.1) is 11.3 Å². The molecule has 1 aromatic heterocycles. The Balaban J connectivity index is 1.46. The monoisotopic (exact) mass is 747 g/mol. The van der Waals surface area contributed by atoms with Crippen molar-refractivity contribution in [1.82, 2.24) is 25.2 Å². The van der Waals surface area contributed by atoms with E-state index in [0.717, 1.165) is 0 Å². The fourth-order valence-corrected chi connectivity index (χ4v) is 7.75. The lowest BCUT2D eigenvalue weighted by atomic mass is 9.85. The van der Waals surface area contributed by atoms with Crippen molar-refractivity contribution in [3.05, 3.63) is 42.1 Å². The number of hydrogen-bond acceptors (Lipinski definition) is 10. The zero-order chi connectivity index (χ0) is 37.7. The first kappa shape index (κ1) is 38.1. The molecule has 5 atom stereocenters. The molecule has 5 rings (SSSR count). The molecule has 0 unspecified atom stereocenters. The Morgan fingerprint density at radius 2 is 1.80 bits per heavy atom. The van der Waals surface area contributed by atoms with Gasteiger partial charge in [-0.1, -0.05) is 38.4 Å². The quantitative estimate of drug-likeness (QED) is 0.286. The molecule has 3 fully saturated rings. The molecule has 278 valence electrons. The van der Waals surface area contributed by atoms with Crippen LogP contribution in [-0.4, -0.2) is 90.3 Å². The number of likely N-dealkylation sites (tertiary alicyclic amines) is 1. The zero-order valence-corrected chi connectivity index (χ0v) is 31.4. The zero-order valence-electron chi connectivity index (χ0n) is 29.9. The molecule has 1 saturated heterocycles. The summed E-state index contributed by atoms with van der Waals surface area (Å²) in [6.07, 6.45) is 2.40. The number of amides is 4. The van der Waals surface area contributed by atoms with Gasteiger partial charge in [0, 0.05) is 28.1 Å². The van der Waals surface area contributed by atoms with Crippen LogP contribution in [0.3, 0.4) is 0 Å². The lowest BCUT2D eigenvalue weighted by molar-refractivity contribution is -0.143. The minimum atomic E-state index is -3.91. The van der Waals surface area contributed by atoms with Crippen LogP contribution in [0.1, 0.15) is 67.2 Å². The van der Waals surface area contributed by atoms with Crippen molar-refractivity contribution in [3.8, 4) is 11.6 Å². The molecule has 4 amide bonds. The Labute approximate surface area is 303 Å². The van der Waals surface area contributed by atoms with E-state index in [9.17, 15) is 27.6 Å². The van der Waals surface area contributed by atoms with Crippen LogP contribution in [0.5, 0.6) is 11.6 Å². The first-order valence-corrected chi connectivity index (χ1v) is 18.7. The lowest BCUT2D eigenvalue weighted by Crippen LogP contribution is -2.60. The highest BCUT2D eigenvalue weighted by molar-refractivity contribution is 7.91. The van der Waals surface area contributed by atoms with Gasteiger partial charge in [-0.05, 0) is 63.6 Å². The molecule has 2 saturated carbocycles. The minimum Gasteiger partial charge on any atom is -0.494 e. The minimum absolute atomic E-state index is 0.0204. The smallest absolute Gasteiger partial charge is 0.408 e. The Bertz CT molecular complexity index is 1850. The molecule has 1 aromatic carbocycles. The van der Waals surface area contributed by atoms with E-state index in [0.29, 0.717) is 34.4 Å². The number of rotatable bonds is 11. The fraction of sp³-hybridized carbons (Fsp3) is 0.571. The molecule has 51 heavy (non-hydrogen) atoms. The first-order chi connectivity index (χ1) is 23.7. The van der Waals surface area contributed by atoms with Crippen molar-refractivity contribution in [2.75, 3.05) is 13.7 Å². The summed E-state index contributed by atoms with van der Waals surface area (Å²) in [6, 6.07) is 2.82. The SMILES string of the molecule is C=C[C@H]1C[C@@]1(NC(=O)[C@H]1C[C@H](Oc2ncc(OC)c3ccc(Cl)cc23)CN1C(=O)[C@H](NC(=O)OC(C)(C)C)C(C)(C)C)C(=O)NS(=O)(=O)C1CC1. The van der Waals surface area contributed by atoms with Crippen LogP contribution in [0.25, 0.3) is 10.8 Å². The number of alkyl carbamates (subject to hydrolysis) is 1. The Kier molecular flexibility index (Phi) is 10.3. The number of pyridine rings is 1. The lowest BCUT2D eigenvalue weighted by Gasteiger charge is -2.36. The molecule has 0 radical (unpaired) electrons. The fourth-order valence-electron chi connectivity index (χ4n) is 6.21. The van der Waals surface area contributed by atoms with Crippen LogP contribution in [0.4, 0.5) is 4.79 Å². The summed E-state index contributed by atoms with van der Waals surface area (Å²) in [5, 5.41) is 6.45. The normalized spacial score (nSPS) is 23.9. The largest absolute Gasteiger partial charge is 0.494 e. The van der Waals surface area contributed by atoms with Crippen molar-refractivity contribution >= 4 is 56.2 Å². The molecule has 3 aliphatic rings. The highest BCUT2D eigenvalue weighted by Gasteiger charge is 2.62. The molecular formula is C35H46ClN5O9S. The van der Waals surface area contributed by atoms with Gasteiger partial charge in [0.2, 0.25) is 27.7 Å². The van der Waals surface area contributed by atoms with E-state index in [4.69, 9.17) is 25.8 Å². The number of ether oxygens (including phenoxy) is 3. The van der Waals surface area contributed by atoms with E-state index < -0.39 is 79.7 Å². The molecular weight excluding hydrogens is 702 g/mol. The van der Waals surface area contributed by atoms with Crippen molar-refractivity contribution in [1.29, 1.82) is 0 Å². The van der Waals surface area contributed by atoms with Gasteiger partial charge in [-0.2, -0.15) is 0 Å². The van der Waals surface area contributed by atoms with E-state index in [2.05, 4.69) is 26.9 Å². The van der Waals surface area contributed by atoms with Crippen LogP contribution in [-0.2, 0) is 29.1 Å². The van der Waals surface area contributed by atoms with Crippen LogP contribution < -0.4 is 24.8 Å². The van der Waals surface area contributed by atoms with Gasteiger partial charge in [0.05, 0.1) is 25.1 Å². The molecule has 2 heterocycles. The van der Waals surface area contributed by atoms with Crippen molar-refractivity contribution < 1.29 is 41.8 Å². The van der Waals surface area contributed by atoms with Gasteiger partial charge in [-0.3, -0.25) is 19.1 Å². The number of benzene rings is 1. The summed E-state index contributed by atoms with van der Waals surface area (Å²) in [4.78, 5) is 60.8. The van der Waals surface area contributed by atoms with Gasteiger partial charge in [0.1, 0.15) is 35.1 Å². The molecule has 3 N–H and O–H groups in total. The van der Waals surface area contributed by atoms with E-state index >= 15 is 0 Å². The van der Waals surface area contributed by atoms with Gasteiger partial charge in [-0.15, -0.1) is 6.58 Å². The topological polar surface area (TPSA) is 182 Å². The molecule has 2 aliphatic carbocycles. The maximum absolute atomic E-state index is 14.4. The second-order valence-electron chi connectivity index (χ2n) is 15.4. The molecule has 14 nitrogen and oxygen atoms in total. The summed E-state index contributed by atoms with van der Waals surface area (Å²) < 4.78 is 44.7. The van der Waals surface area contributed by atoms with E-state index in [1.54, 1.807) is 59.7 Å². The average Bonchev–Trinajstić information content (AvgIpc) is 3.95. The number of sulfonamides is 1. The standard InChI is InChI=1S/C35H46ClN5O9S/c1-9-19-16-35(19,31(44)40-51(46,47)22-11-12-22)39-28(42)25-15-21(49-29-24-14-20(36)10-13-23(24)26(48-8)17-37-29)18-41(25)30(43)27(33(2,3)4)38-32(45)50-34(5,6)7/h9-10,13-14,17,19,21-22,25,27H,1,11-12,15-16,18H2,2-8H3,(H,38,45)(H,39,42)(H,40,44)/t19-,21-,25+,27-,35-/m0/s1. The number of methoxy groups -OCH3 is 1. The summed E-state index contributed by atoms with van der Waals surface area (Å²) in [5.74, 6) is -1.99. The van der Waals surface area contributed by atoms with Crippen molar-refractivity contribution in [2.24, 2.45) is 11.3 Å². The number of carbonyl (C=O) groups excluding carboxylic acids is 4. The number of hydrogen-bond donors (Lipinski definition) is 3. The maximum atomic E-state index is 14.4. The predicted molar refractivity (Wildman–Crippen MR) is 190 cm³/mol. The first-order valence-electron chi connectivity index (χ1n) is 16.8. The van der Waals surface area contributed by atoms with Gasteiger partial charge in [-0.25, -0.2) is 18.2 Å². The highest BCUT2D eigenvalue weighted by Crippen LogP contribution is 2.45. The third-order valence-corrected chi connectivity index (χ3v) is 11.2. The number of nitrogens with one attached hydrogen (secondary N) is 3. The van der Waals surface area contributed by atoms with E-state index in [1.165, 1.54) is 24.3 Å². The number of carbonyl (C=O) groups is 4. The summed E-state index contributed by atoms with van der Waals surface area (Å²) in [5.41, 5.74) is -3.24. The van der Waals surface area contributed by atoms with Crippen molar-refractivity contribution in [3.63, 3.8) is 0 Å². The number of nitrogens with zero attached hydrogens (tertiary/aromatic N) is 2. The maximum Gasteiger partial charge on any atom is 0.408 e. The number of halogens is 1.